The summed E-state index contributed by atoms with van der Waals surface area (Å²) >= 11 is 0. The summed E-state index contributed by atoms with van der Waals surface area (Å²) in [5.74, 6) is -1.42. The van der Waals surface area contributed by atoms with Crippen LogP contribution in [0, 0.1) is 5.82 Å². The first kappa shape index (κ1) is 17.9. The topological polar surface area (TPSA) is 80.0 Å². The molecule has 0 aliphatic carbocycles. The molecular weight excluding hydrogens is 300 g/mol. The van der Waals surface area contributed by atoms with Gasteiger partial charge < -0.3 is 24.3 Å². The third kappa shape index (κ3) is 3.95. The van der Waals surface area contributed by atoms with Gasteiger partial charge in [0.15, 0.2) is 11.5 Å². The molecule has 1 atom stereocenters. The van der Waals surface area contributed by atoms with Crippen LogP contribution in [0.25, 0.3) is 0 Å². The summed E-state index contributed by atoms with van der Waals surface area (Å²) in [5, 5.41) is 0. The highest BCUT2D eigenvalue weighted by Gasteiger charge is 2.36. The second-order valence-corrected chi connectivity index (χ2v) is 6.20. The quantitative estimate of drug-likeness (QED) is 0.741. The van der Waals surface area contributed by atoms with E-state index < -0.39 is 19.2 Å². The van der Waals surface area contributed by atoms with Crippen molar-refractivity contribution in [2.75, 3.05) is 27.4 Å². The zero-order valence-electron chi connectivity index (χ0n) is 12.6. The summed E-state index contributed by atoms with van der Waals surface area (Å²) in [6.45, 7) is 3.59. The van der Waals surface area contributed by atoms with E-state index in [0.717, 1.165) is 6.07 Å². The van der Waals surface area contributed by atoms with Crippen LogP contribution in [0.2, 0.25) is 0 Å². The van der Waals surface area contributed by atoms with Crippen LogP contribution in [0.3, 0.4) is 0 Å². The minimum atomic E-state index is -3.67. The van der Waals surface area contributed by atoms with E-state index in [2.05, 4.69) is 0 Å². The number of hydrogen-bond acceptors (Lipinski definition) is 6. The number of nitrogens with two attached hydrogens (primary N) is 1. The first-order chi connectivity index (χ1) is 9.93. The number of benzene rings is 1. The number of hydrogen-bond donors (Lipinski definition) is 1. The van der Waals surface area contributed by atoms with E-state index in [1.54, 1.807) is 13.8 Å². The molecule has 2 N–H and O–H groups in total. The molecular formula is C13H21FNO5P. The molecule has 0 heterocycles. The zero-order chi connectivity index (χ0) is 16.0. The number of ether oxygens (including phenoxy) is 2. The molecule has 8 heteroatoms. The zero-order valence-corrected chi connectivity index (χ0v) is 13.5. The second-order valence-electron chi connectivity index (χ2n) is 4.05. The van der Waals surface area contributed by atoms with Crippen LogP contribution < -0.4 is 15.2 Å². The van der Waals surface area contributed by atoms with Gasteiger partial charge in [0.2, 0.25) is 0 Å². The third-order valence-corrected chi connectivity index (χ3v) is 4.98. The van der Waals surface area contributed by atoms with Crippen LogP contribution >= 0.6 is 7.60 Å². The molecule has 120 valence electrons. The minimum absolute atomic E-state index is 0.0158. The largest absolute Gasteiger partial charge is 0.493 e. The summed E-state index contributed by atoms with van der Waals surface area (Å²) < 4.78 is 47.2. The highest BCUT2D eigenvalue weighted by molar-refractivity contribution is 7.54. The van der Waals surface area contributed by atoms with Gasteiger partial charge in [-0.05, 0) is 19.9 Å². The van der Waals surface area contributed by atoms with E-state index in [1.165, 1.54) is 20.3 Å². The van der Waals surface area contributed by atoms with E-state index in [9.17, 15) is 8.96 Å². The van der Waals surface area contributed by atoms with Crippen molar-refractivity contribution < 1.29 is 27.5 Å². The van der Waals surface area contributed by atoms with Crippen molar-refractivity contribution in [1.82, 2.24) is 0 Å². The molecule has 0 amide bonds. The van der Waals surface area contributed by atoms with Crippen LogP contribution in [0.5, 0.6) is 11.5 Å². The molecule has 0 spiro atoms. The van der Waals surface area contributed by atoms with Crippen molar-refractivity contribution in [3.63, 3.8) is 0 Å². The molecule has 0 saturated carbocycles. The summed E-state index contributed by atoms with van der Waals surface area (Å²) in [4.78, 5) is 0. The predicted octanol–water partition coefficient (Wildman–Crippen LogP) is 3.07. The molecule has 0 fully saturated rings. The average Bonchev–Trinajstić information content (AvgIpc) is 2.46. The van der Waals surface area contributed by atoms with Crippen LogP contribution in [0.4, 0.5) is 4.39 Å². The Morgan fingerprint density at radius 2 is 1.62 bits per heavy atom. The van der Waals surface area contributed by atoms with Crippen molar-refractivity contribution in [2.45, 2.75) is 19.6 Å². The van der Waals surface area contributed by atoms with Crippen molar-refractivity contribution in [1.29, 1.82) is 0 Å². The van der Waals surface area contributed by atoms with Gasteiger partial charge in [0, 0.05) is 11.6 Å². The fourth-order valence-corrected chi connectivity index (χ4v) is 3.48. The molecule has 0 aliphatic heterocycles. The Morgan fingerprint density at radius 3 is 2.05 bits per heavy atom. The van der Waals surface area contributed by atoms with E-state index in [0.29, 0.717) is 0 Å². The number of methoxy groups -OCH3 is 2. The molecule has 0 aromatic heterocycles. The van der Waals surface area contributed by atoms with Gasteiger partial charge >= 0.3 is 7.60 Å². The molecule has 0 radical (unpaired) electrons. The van der Waals surface area contributed by atoms with Crippen LogP contribution in [0.15, 0.2) is 12.1 Å². The van der Waals surface area contributed by atoms with Crippen LogP contribution in [-0.4, -0.2) is 27.4 Å². The normalized spacial score (nSPS) is 13.0. The second kappa shape index (κ2) is 7.75. The summed E-state index contributed by atoms with van der Waals surface area (Å²) in [5.41, 5.74) is 5.90. The first-order valence-corrected chi connectivity index (χ1v) is 8.10. The fraction of sp³-hybridized carbons (Fsp3) is 0.538. The lowest BCUT2D eigenvalue weighted by atomic mass is 10.2. The molecule has 1 rings (SSSR count). The molecule has 1 aromatic rings. The fourth-order valence-electron chi connectivity index (χ4n) is 1.82. The SMILES string of the molecule is CCOP(=O)(OCC)[C@H](N)c1cc(OC)c(OC)cc1F. The molecule has 0 bridgehead atoms. The summed E-state index contributed by atoms with van der Waals surface area (Å²) in [6.07, 6.45) is 0. The maximum absolute atomic E-state index is 14.2. The number of halogens is 1. The van der Waals surface area contributed by atoms with Crippen molar-refractivity contribution in [3.8, 4) is 11.5 Å². The highest BCUT2D eigenvalue weighted by atomic mass is 31.2. The Hall–Kier alpha value is -1.14. The molecule has 0 aliphatic rings. The average molecular weight is 321 g/mol. The Labute approximate surface area is 123 Å². The summed E-state index contributed by atoms with van der Waals surface area (Å²) in [6, 6.07) is 2.46. The van der Waals surface area contributed by atoms with Gasteiger partial charge in [0.25, 0.3) is 0 Å². The lowest BCUT2D eigenvalue weighted by Gasteiger charge is -2.24. The van der Waals surface area contributed by atoms with E-state index >= 15 is 0 Å². The minimum Gasteiger partial charge on any atom is -0.493 e. The highest BCUT2D eigenvalue weighted by Crippen LogP contribution is 2.59. The lowest BCUT2D eigenvalue weighted by Crippen LogP contribution is -2.16. The monoisotopic (exact) mass is 321 g/mol. The van der Waals surface area contributed by atoms with E-state index in [-0.39, 0.29) is 30.3 Å². The van der Waals surface area contributed by atoms with E-state index in [1.807, 2.05) is 0 Å². The Bertz CT molecular complexity index is 516. The van der Waals surface area contributed by atoms with Gasteiger partial charge in [-0.1, -0.05) is 0 Å². The molecule has 0 saturated heterocycles. The molecule has 6 nitrogen and oxygen atoms in total. The number of rotatable bonds is 8. The first-order valence-electron chi connectivity index (χ1n) is 6.49. The van der Waals surface area contributed by atoms with Gasteiger partial charge in [-0.2, -0.15) is 0 Å². The van der Waals surface area contributed by atoms with Crippen molar-refractivity contribution in [3.05, 3.63) is 23.5 Å². The van der Waals surface area contributed by atoms with E-state index in [4.69, 9.17) is 24.3 Å². The smallest absolute Gasteiger partial charge is 0.351 e. The van der Waals surface area contributed by atoms with Crippen LogP contribution in [0.1, 0.15) is 25.2 Å². The standard InChI is InChI=1S/C13H21FNO5P/c1-5-19-21(16,20-6-2)13(15)9-7-11(17-3)12(18-4)8-10(9)14/h7-8,13H,5-6,15H2,1-4H3/t13-/m0/s1. The van der Waals surface area contributed by atoms with Gasteiger partial charge in [-0.3, -0.25) is 4.57 Å². The lowest BCUT2D eigenvalue weighted by molar-refractivity contribution is 0.211. The van der Waals surface area contributed by atoms with Gasteiger partial charge in [-0.25, -0.2) is 4.39 Å². The van der Waals surface area contributed by atoms with Gasteiger partial charge in [-0.15, -0.1) is 0 Å². The van der Waals surface area contributed by atoms with Crippen molar-refractivity contribution >= 4 is 7.60 Å². The van der Waals surface area contributed by atoms with Gasteiger partial charge in [0.1, 0.15) is 11.6 Å². The summed E-state index contributed by atoms with van der Waals surface area (Å²) in [7, 11) is -0.868. The van der Waals surface area contributed by atoms with Gasteiger partial charge in [0.05, 0.1) is 27.4 Å². The molecule has 21 heavy (non-hydrogen) atoms. The Balaban J connectivity index is 3.27. The Kier molecular flexibility index (Phi) is 6.61. The third-order valence-electron chi connectivity index (χ3n) is 2.78. The van der Waals surface area contributed by atoms with Crippen molar-refractivity contribution in [2.24, 2.45) is 5.73 Å². The predicted molar refractivity (Wildman–Crippen MR) is 77.3 cm³/mol. The molecule has 1 aromatic carbocycles. The van der Waals surface area contributed by atoms with Crippen LogP contribution in [-0.2, 0) is 13.6 Å². The maximum atomic E-state index is 14.2. The maximum Gasteiger partial charge on any atom is 0.351 e. The Morgan fingerprint density at radius 1 is 1.14 bits per heavy atom. The molecule has 0 unspecified atom stereocenters.